The van der Waals surface area contributed by atoms with Crippen LogP contribution < -0.4 is 9.47 Å². The normalized spacial score (nSPS) is 10.6. The SMILES string of the molecule is COc1ccc(N=Nc2ccncc2)cc1OC. The number of ether oxygens (including phenoxy) is 2. The number of hydrogen-bond donors (Lipinski definition) is 0. The molecule has 0 fully saturated rings. The number of rotatable bonds is 4. The molecule has 2 aromatic rings. The molecule has 92 valence electrons. The zero-order valence-corrected chi connectivity index (χ0v) is 10.2. The highest BCUT2D eigenvalue weighted by Gasteiger charge is 2.03. The van der Waals surface area contributed by atoms with E-state index in [4.69, 9.17) is 9.47 Å². The van der Waals surface area contributed by atoms with Gasteiger partial charge in [0.15, 0.2) is 11.5 Å². The molecule has 5 heteroatoms. The molecule has 0 aliphatic heterocycles. The Bertz CT molecular complexity index is 541. The highest BCUT2D eigenvalue weighted by atomic mass is 16.5. The monoisotopic (exact) mass is 243 g/mol. The fraction of sp³-hybridized carbons (Fsp3) is 0.154. The maximum Gasteiger partial charge on any atom is 0.162 e. The Hall–Kier alpha value is -2.43. The van der Waals surface area contributed by atoms with Gasteiger partial charge in [-0.3, -0.25) is 4.98 Å². The number of methoxy groups -OCH3 is 2. The second kappa shape index (κ2) is 5.77. The summed E-state index contributed by atoms with van der Waals surface area (Å²) in [6.07, 6.45) is 3.34. The molecule has 0 saturated heterocycles. The summed E-state index contributed by atoms with van der Waals surface area (Å²) in [5, 5.41) is 8.22. The van der Waals surface area contributed by atoms with Crippen molar-refractivity contribution in [1.29, 1.82) is 0 Å². The summed E-state index contributed by atoms with van der Waals surface area (Å²) in [7, 11) is 3.18. The maximum atomic E-state index is 5.19. The van der Waals surface area contributed by atoms with Crippen molar-refractivity contribution in [2.24, 2.45) is 10.2 Å². The maximum absolute atomic E-state index is 5.19. The van der Waals surface area contributed by atoms with Gasteiger partial charge >= 0.3 is 0 Å². The van der Waals surface area contributed by atoms with Crippen molar-refractivity contribution in [2.45, 2.75) is 0 Å². The smallest absolute Gasteiger partial charge is 0.162 e. The van der Waals surface area contributed by atoms with Gasteiger partial charge in [-0.15, -0.1) is 0 Å². The van der Waals surface area contributed by atoms with E-state index >= 15 is 0 Å². The third-order valence-corrected chi connectivity index (χ3v) is 2.31. The lowest BCUT2D eigenvalue weighted by Crippen LogP contribution is -1.89. The van der Waals surface area contributed by atoms with Crippen molar-refractivity contribution < 1.29 is 9.47 Å². The van der Waals surface area contributed by atoms with Gasteiger partial charge in [0.2, 0.25) is 0 Å². The lowest BCUT2D eigenvalue weighted by molar-refractivity contribution is 0.355. The molecule has 0 N–H and O–H groups in total. The van der Waals surface area contributed by atoms with Crippen molar-refractivity contribution in [1.82, 2.24) is 4.98 Å². The van der Waals surface area contributed by atoms with Crippen LogP contribution in [0.2, 0.25) is 0 Å². The van der Waals surface area contributed by atoms with Crippen LogP contribution in [0.25, 0.3) is 0 Å². The van der Waals surface area contributed by atoms with E-state index in [0.29, 0.717) is 17.2 Å². The first kappa shape index (κ1) is 12.0. The quantitative estimate of drug-likeness (QED) is 0.772. The largest absolute Gasteiger partial charge is 0.493 e. The summed E-state index contributed by atoms with van der Waals surface area (Å²) < 4.78 is 10.3. The predicted molar refractivity (Wildman–Crippen MR) is 68.0 cm³/mol. The van der Waals surface area contributed by atoms with Gasteiger partial charge in [0, 0.05) is 18.5 Å². The van der Waals surface area contributed by atoms with Crippen LogP contribution in [-0.4, -0.2) is 19.2 Å². The van der Waals surface area contributed by atoms with Gasteiger partial charge in [-0.1, -0.05) is 0 Å². The number of azo groups is 1. The van der Waals surface area contributed by atoms with Crippen LogP contribution in [0, 0.1) is 0 Å². The molecular formula is C13H13N3O2. The minimum atomic E-state index is 0.628. The summed E-state index contributed by atoms with van der Waals surface area (Å²) in [6, 6.07) is 8.93. The average molecular weight is 243 g/mol. The molecule has 0 unspecified atom stereocenters. The van der Waals surface area contributed by atoms with Crippen LogP contribution in [0.3, 0.4) is 0 Å². The van der Waals surface area contributed by atoms with E-state index in [1.165, 1.54) is 0 Å². The molecule has 0 saturated carbocycles. The minimum Gasteiger partial charge on any atom is -0.493 e. The number of nitrogens with zero attached hydrogens (tertiary/aromatic N) is 3. The highest BCUT2D eigenvalue weighted by molar-refractivity contribution is 5.51. The van der Waals surface area contributed by atoms with Crippen LogP contribution in [0.5, 0.6) is 11.5 Å². The van der Waals surface area contributed by atoms with Crippen LogP contribution in [-0.2, 0) is 0 Å². The molecule has 0 amide bonds. The molecule has 18 heavy (non-hydrogen) atoms. The van der Waals surface area contributed by atoms with Crippen LogP contribution >= 0.6 is 0 Å². The molecule has 0 spiro atoms. The van der Waals surface area contributed by atoms with E-state index in [1.807, 2.05) is 6.07 Å². The number of pyridine rings is 1. The zero-order valence-electron chi connectivity index (χ0n) is 10.2. The van der Waals surface area contributed by atoms with Crippen molar-refractivity contribution in [3.05, 3.63) is 42.7 Å². The Morgan fingerprint density at radius 3 is 2.17 bits per heavy atom. The van der Waals surface area contributed by atoms with E-state index in [-0.39, 0.29) is 0 Å². The van der Waals surface area contributed by atoms with Gasteiger partial charge in [0.25, 0.3) is 0 Å². The first-order valence-electron chi connectivity index (χ1n) is 5.37. The fourth-order valence-electron chi connectivity index (χ4n) is 1.41. The minimum absolute atomic E-state index is 0.628. The van der Waals surface area contributed by atoms with Crippen molar-refractivity contribution >= 4 is 11.4 Å². The third-order valence-electron chi connectivity index (χ3n) is 2.31. The first-order valence-corrected chi connectivity index (χ1v) is 5.37. The van der Waals surface area contributed by atoms with Crippen molar-refractivity contribution in [2.75, 3.05) is 14.2 Å². The summed E-state index contributed by atoms with van der Waals surface area (Å²) in [6.45, 7) is 0. The Balaban J connectivity index is 2.22. The van der Waals surface area contributed by atoms with Gasteiger partial charge in [-0.25, -0.2) is 0 Å². The van der Waals surface area contributed by atoms with E-state index in [2.05, 4.69) is 15.2 Å². The third kappa shape index (κ3) is 2.82. The summed E-state index contributed by atoms with van der Waals surface area (Å²) in [5.41, 5.74) is 1.45. The molecular weight excluding hydrogens is 230 g/mol. The molecule has 1 heterocycles. The number of hydrogen-bond acceptors (Lipinski definition) is 5. The van der Waals surface area contributed by atoms with E-state index in [0.717, 1.165) is 5.69 Å². The Morgan fingerprint density at radius 2 is 1.50 bits per heavy atom. The van der Waals surface area contributed by atoms with Gasteiger partial charge in [-0.05, 0) is 24.3 Å². The zero-order chi connectivity index (χ0) is 12.8. The van der Waals surface area contributed by atoms with Gasteiger partial charge in [0.1, 0.15) is 0 Å². The van der Waals surface area contributed by atoms with Gasteiger partial charge in [-0.2, -0.15) is 10.2 Å². The Labute approximate surface area is 105 Å². The second-order valence-electron chi connectivity index (χ2n) is 3.44. The van der Waals surface area contributed by atoms with Gasteiger partial charge < -0.3 is 9.47 Å². The summed E-state index contributed by atoms with van der Waals surface area (Å²) in [4.78, 5) is 3.91. The first-order chi connectivity index (χ1) is 8.83. The Kier molecular flexibility index (Phi) is 3.86. The Morgan fingerprint density at radius 1 is 0.833 bits per heavy atom. The lowest BCUT2D eigenvalue weighted by atomic mass is 10.3. The van der Waals surface area contributed by atoms with E-state index < -0.39 is 0 Å². The second-order valence-corrected chi connectivity index (χ2v) is 3.44. The molecule has 0 bridgehead atoms. The average Bonchev–Trinajstić information content (AvgIpc) is 2.45. The van der Waals surface area contributed by atoms with Gasteiger partial charge in [0.05, 0.1) is 25.6 Å². The van der Waals surface area contributed by atoms with Crippen molar-refractivity contribution in [3.8, 4) is 11.5 Å². The molecule has 2 rings (SSSR count). The summed E-state index contributed by atoms with van der Waals surface area (Å²) in [5.74, 6) is 1.30. The van der Waals surface area contributed by atoms with Crippen LogP contribution in [0.15, 0.2) is 53.0 Å². The molecule has 1 aromatic heterocycles. The molecule has 1 aromatic carbocycles. The lowest BCUT2D eigenvalue weighted by Gasteiger charge is -2.06. The molecule has 0 atom stereocenters. The molecule has 0 aliphatic rings. The van der Waals surface area contributed by atoms with Crippen molar-refractivity contribution in [3.63, 3.8) is 0 Å². The van der Waals surface area contributed by atoms with Crippen LogP contribution in [0.1, 0.15) is 0 Å². The number of benzene rings is 1. The van der Waals surface area contributed by atoms with Crippen LogP contribution in [0.4, 0.5) is 11.4 Å². The van der Waals surface area contributed by atoms with E-state index in [9.17, 15) is 0 Å². The summed E-state index contributed by atoms with van der Waals surface area (Å²) >= 11 is 0. The fourth-order valence-corrected chi connectivity index (χ4v) is 1.41. The molecule has 0 aliphatic carbocycles. The molecule has 5 nitrogen and oxygen atoms in total. The standard InChI is InChI=1S/C13H13N3O2/c1-17-12-4-3-11(9-13(12)18-2)16-15-10-5-7-14-8-6-10/h3-9H,1-2H3. The highest BCUT2D eigenvalue weighted by Crippen LogP contribution is 2.31. The predicted octanol–water partition coefficient (Wildman–Crippen LogP) is 3.51. The number of aromatic nitrogens is 1. The molecule has 0 radical (unpaired) electrons. The topological polar surface area (TPSA) is 56.1 Å². The van der Waals surface area contributed by atoms with E-state index in [1.54, 1.807) is 50.9 Å².